The number of fused-ring (bicyclic) bond motifs is 1. The second-order valence-corrected chi connectivity index (χ2v) is 3.90. The highest BCUT2D eigenvalue weighted by Gasteiger charge is 2.21. The molecule has 2 aromatic carbocycles. The van der Waals surface area contributed by atoms with E-state index in [0.29, 0.717) is 34.5 Å². The summed E-state index contributed by atoms with van der Waals surface area (Å²) in [6.45, 7) is 0.0824. The predicted molar refractivity (Wildman–Crippen MR) is 63.3 cm³/mol. The molecular weight excluding hydrogens is 235 g/mol. The molecule has 3 rings (SSSR count). The molecule has 4 heteroatoms. The summed E-state index contributed by atoms with van der Waals surface area (Å²) in [5.41, 5.74) is 1.35. The van der Waals surface area contributed by atoms with E-state index in [0.717, 1.165) is 0 Å². The first-order valence-electron chi connectivity index (χ1n) is 5.43. The van der Waals surface area contributed by atoms with Gasteiger partial charge in [0.25, 0.3) is 0 Å². The predicted octanol–water partition coefficient (Wildman–Crippen LogP) is 3.03. The fourth-order valence-electron chi connectivity index (χ4n) is 1.98. The molecule has 0 unspecified atom stereocenters. The second-order valence-electron chi connectivity index (χ2n) is 3.90. The smallest absolute Gasteiger partial charge is 0.231 e. The molecule has 1 aliphatic rings. The lowest BCUT2D eigenvalue weighted by atomic mass is 10.0. The number of benzene rings is 2. The van der Waals surface area contributed by atoms with Crippen LogP contribution in [0.15, 0.2) is 36.4 Å². The number of hydrogen-bond donors (Lipinski definition) is 0. The number of carbonyl (C=O) groups excluding carboxylic acids is 1. The molecule has 0 amide bonds. The highest BCUT2D eigenvalue weighted by Crippen LogP contribution is 2.42. The number of ether oxygens (including phenoxy) is 2. The van der Waals surface area contributed by atoms with Gasteiger partial charge in [0.2, 0.25) is 6.79 Å². The molecule has 2 aromatic rings. The lowest BCUT2D eigenvalue weighted by Crippen LogP contribution is -1.94. The van der Waals surface area contributed by atoms with E-state index in [1.54, 1.807) is 30.3 Å². The molecule has 0 radical (unpaired) electrons. The Balaban J connectivity index is 2.26. The molecule has 0 spiro atoms. The zero-order chi connectivity index (χ0) is 12.5. The summed E-state index contributed by atoms with van der Waals surface area (Å²) in [5.74, 6) is 0.585. The number of hydrogen-bond acceptors (Lipinski definition) is 3. The standard InChI is InChI=1S/C14H9FO3/c15-12-4-2-1-3-10(12)11-5-9(7-16)6-13-14(11)18-8-17-13/h1-7H,8H2. The van der Waals surface area contributed by atoms with Gasteiger partial charge in [-0.3, -0.25) is 4.79 Å². The minimum absolute atomic E-state index is 0.0824. The van der Waals surface area contributed by atoms with Crippen molar-refractivity contribution in [3.8, 4) is 22.6 Å². The van der Waals surface area contributed by atoms with E-state index in [2.05, 4.69) is 0 Å². The first kappa shape index (κ1) is 10.8. The largest absolute Gasteiger partial charge is 0.454 e. The molecule has 0 fully saturated rings. The normalized spacial score (nSPS) is 12.5. The Kier molecular flexibility index (Phi) is 2.48. The van der Waals surface area contributed by atoms with E-state index in [9.17, 15) is 9.18 Å². The zero-order valence-corrected chi connectivity index (χ0v) is 9.35. The van der Waals surface area contributed by atoms with Gasteiger partial charge < -0.3 is 9.47 Å². The fraction of sp³-hybridized carbons (Fsp3) is 0.0714. The highest BCUT2D eigenvalue weighted by atomic mass is 19.1. The minimum atomic E-state index is -0.363. The van der Waals surface area contributed by atoms with Crippen molar-refractivity contribution >= 4 is 6.29 Å². The van der Waals surface area contributed by atoms with Gasteiger partial charge in [0, 0.05) is 16.7 Å². The third-order valence-corrected chi connectivity index (χ3v) is 2.79. The van der Waals surface area contributed by atoms with Gasteiger partial charge in [-0.05, 0) is 18.2 Å². The van der Waals surface area contributed by atoms with Crippen LogP contribution in [0.4, 0.5) is 4.39 Å². The van der Waals surface area contributed by atoms with Crippen molar-refractivity contribution in [3.63, 3.8) is 0 Å². The summed E-state index contributed by atoms with van der Waals surface area (Å²) in [6, 6.07) is 9.53. The Morgan fingerprint density at radius 1 is 1.11 bits per heavy atom. The molecule has 0 aromatic heterocycles. The summed E-state index contributed by atoms with van der Waals surface area (Å²) in [7, 11) is 0. The molecule has 0 aliphatic carbocycles. The molecule has 3 nitrogen and oxygen atoms in total. The third-order valence-electron chi connectivity index (χ3n) is 2.79. The summed E-state index contributed by atoms with van der Waals surface area (Å²) < 4.78 is 24.4. The van der Waals surface area contributed by atoms with Gasteiger partial charge in [-0.1, -0.05) is 18.2 Å². The van der Waals surface area contributed by atoms with Crippen molar-refractivity contribution in [3.05, 3.63) is 47.8 Å². The zero-order valence-electron chi connectivity index (χ0n) is 9.35. The minimum Gasteiger partial charge on any atom is -0.454 e. The Bertz CT molecular complexity index is 622. The van der Waals surface area contributed by atoms with Gasteiger partial charge in [-0.15, -0.1) is 0 Å². The summed E-state index contributed by atoms with van der Waals surface area (Å²) in [5, 5.41) is 0. The van der Waals surface area contributed by atoms with Crippen molar-refractivity contribution in [1.29, 1.82) is 0 Å². The number of aldehydes is 1. The van der Waals surface area contributed by atoms with Crippen LogP contribution in [0.1, 0.15) is 10.4 Å². The second kappa shape index (κ2) is 4.14. The van der Waals surface area contributed by atoms with Crippen molar-refractivity contribution < 1.29 is 18.7 Å². The average Bonchev–Trinajstić information content (AvgIpc) is 2.86. The fourth-order valence-corrected chi connectivity index (χ4v) is 1.98. The molecule has 0 saturated heterocycles. The Morgan fingerprint density at radius 2 is 1.94 bits per heavy atom. The van der Waals surface area contributed by atoms with Crippen LogP contribution in [0, 0.1) is 5.82 Å². The molecule has 1 aliphatic heterocycles. The SMILES string of the molecule is O=Cc1cc2c(c(-c3ccccc3F)c1)OCO2. The van der Waals surface area contributed by atoms with E-state index in [4.69, 9.17) is 9.47 Å². The summed E-state index contributed by atoms with van der Waals surface area (Å²) >= 11 is 0. The molecule has 0 atom stereocenters. The van der Waals surface area contributed by atoms with Crippen molar-refractivity contribution in [1.82, 2.24) is 0 Å². The molecule has 0 saturated carbocycles. The van der Waals surface area contributed by atoms with Crippen molar-refractivity contribution in [2.75, 3.05) is 6.79 Å². The molecule has 0 N–H and O–H groups in total. The first-order valence-corrected chi connectivity index (χ1v) is 5.43. The first-order chi connectivity index (χ1) is 8.79. The Labute approximate surface area is 103 Å². The van der Waals surface area contributed by atoms with E-state index in [1.807, 2.05) is 0 Å². The van der Waals surface area contributed by atoms with Crippen LogP contribution in [-0.4, -0.2) is 13.1 Å². The maximum absolute atomic E-state index is 13.8. The van der Waals surface area contributed by atoms with Gasteiger partial charge in [0.1, 0.15) is 12.1 Å². The monoisotopic (exact) mass is 244 g/mol. The van der Waals surface area contributed by atoms with Crippen molar-refractivity contribution in [2.24, 2.45) is 0 Å². The number of carbonyl (C=O) groups is 1. The van der Waals surface area contributed by atoms with Crippen LogP contribution in [-0.2, 0) is 0 Å². The maximum atomic E-state index is 13.8. The number of rotatable bonds is 2. The van der Waals surface area contributed by atoms with E-state index in [1.165, 1.54) is 6.07 Å². The summed E-state index contributed by atoms with van der Waals surface area (Å²) in [6.07, 6.45) is 0.701. The van der Waals surface area contributed by atoms with Gasteiger partial charge in [0.15, 0.2) is 11.5 Å². The molecule has 18 heavy (non-hydrogen) atoms. The molecule has 90 valence electrons. The quantitative estimate of drug-likeness (QED) is 0.762. The van der Waals surface area contributed by atoms with Crippen LogP contribution in [0.25, 0.3) is 11.1 Å². The van der Waals surface area contributed by atoms with E-state index < -0.39 is 0 Å². The summed E-state index contributed by atoms with van der Waals surface area (Å²) in [4.78, 5) is 10.9. The molecule has 0 bridgehead atoms. The van der Waals surface area contributed by atoms with Crippen LogP contribution >= 0.6 is 0 Å². The Hall–Kier alpha value is -2.36. The average molecular weight is 244 g/mol. The lowest BCUT2D eigenvalue weighted by Gasteiger charge is -2.08. The highest BCUT2D eigenvalue weighted by molar-refractivity contribution is 5.84. The van der Waals surface area contributed by atoms with Crippen molar-refractivity contribution in [2.45, 2.75) is 0 Å². The topological polar surface area (TPSA) is 35.5 Å². The molecular formula is C14H9FO3. The third kappa shape index (κ3) is 1.62. The van der Waals surface area contributed by atoms with Gasteiger partial charge in [-0.2, -0.15) is 0 Å². The maximum Gasteiger partial charge on any atom is 0.231 e. The van der Waals surface area contributed by atoms with Gasteiger partial charge in [0.05, 0.1) is 0 Å². The lowest BCUT2D eigenvalue weighted by molar-refractivity contribution is 0.112. The van der Waals surface area contributed by atoms with E-state index >= 15 is 0 Å². The Morgan fingerprint density at radius 3 is 2.72 bits per heavy atom. The number of halogens is 1. The van der Waals surface area contributed by atoms with Crippen LogP contribution < -0.4 is 9.47 Å². The van der Waals surface area contributed by atoms with Crippen LogP contribution in [0.2, 0.25) is 0 Å². The molecule has 1 heterocycles. The van der Waals surface area contributed by atoms with Crippen LogP contribution in [0.5, 0.6) is 11.5 Å². The van der Waals surface area contributed by atoms with Crippen LogP contribution in [0.3, 0.4) is 0 Å². The van der Waals surface area contributed by atoms with Gasteiger partial charge in [-0.25, -0.2) is 4.39 Å². The van der Waals surface area contributed by atoms with Gasteiger partial charge >= 0.3 is 0 Å². The van der Waals surface area contributed by atoms with E-state index in [-0.39, 0.29) is 12.6 Å².